The monoisotopic (exact) mass is 688 g/mol. The molecule has 0 unspecified atom stereocenters. The molecule has 0 aliphatic heterocycles. The molecule has 9 aromatic carbocycles. The van der Waals surface area contributed by atoms with E-state index in [4.69, 9.17) is 8.83 Å². The Bertz CT molecular complexity index is 3180. The topological polar surface area (TPSA) is 26.3 Å². The Hall–Kier alpha value is -7.16. The van der Waals surface area contributed by atoms with E-state index in [-0.39, 0.29) is 0 Å². The smallest absolute Gasteiger partial charge is 0.136 e. The molecule has 0 fully saturated rings. The second kappa shape index (κ2) is 12.2. The van der Waals surface area contributed by atoms with Gasteiger partial charge in [0.2, 0.25) is 0 Å². The summed E-state index contributed by atoms with van der Waals surface area (Å²) in [6, 6.07) is 69.2. The lowest BCUT2D eigenvalue weighted by molar-refractivity contribution is 0.668. The van der Waals surface area contributed by atoms with Gasteiger partial charge in [-0.2, -0.15) is 0 Å². The molecule has 0 aliphatic carbocycles. The van der Waals surface area contributed by atoms with Gasteiger partial charge in [-0.05, 0) is 109 Å². The Labute approximate surface area is 312 Å². The van der Waals surface area contributed by atoms with Gasteiger partial charge in [-0.15, -0.1) is 0 Å². The maximum atomic E-state index is 6.69. The summed E-state index contributed by atoms with van der Waals surface area (Å²) < 4.78 is 13.2. The number of para-hydroxylation sites is 1. The van der Waals surface area contributed by atoms with Crippen molar-refractivity contribution >= 4 is 54.6 Å². The van der Waals surface area contributed by atoms with Crippen LogP contribution in [0.2, 0.25) is 0 Å². The van der Waals surface area contributed by atoms with Gasteiger partial charge in [0.1, 0.15) is 22.3 Å². The van der Waals surface area contributed by atoms with Crippen molar-refractivity contribution in [3.05, 3.63) is 194 Å². The molecule has 252 valence electrons. The molecular weight excluding hydrogens is 657 g/mol. The second-order valence-corrected chi connectivity index (χ2v) is 14.0. The van der Waals surface area contributed by atoms with Gasteiger partial charge in [0.05, 0.1) is 0 Å². The van der Waals surface area contributed by atoms with E-state index in [1.165, 1.54) is 38.6 Å². The second-order valence-electron chi connectivity index (χ2n) is 14.0. The van der Waals surface area contributed by atoms with Crippen LogP contribution in [0, 0.1) is 0 Å². The van der Waals surface area contributed by atoms with E-state index < -0.39 is 0 Å². The highest BCUT2D eigenvalue weighted by Crippen LogP contribution is 2.46. The van der Waals surface area contributed by atoms with Crippen LogP contribution in [0.4, 0.5) is 0 Å². The molecule has 2 heteroatoms. The normalized spacial score (nSPS) is 11.7. The summed E-state index contributed by atoms with van der Waals surface area (Å²) in [4.78, 5) is 0. The summed E-state index contributed by atoms with van der Waals surface area (Å²) in [5.41, 5.74) is 15.1. The minimum atomic E-state index is 0.861. The van der Waals surface area contributed by atoms with E-state index in [9.17, 15) is 0 Å². The van der Waals surface area contributed by atoms with Gasteiger partial charge in [0, 0.05) is 21.5 Å². The minimum Gasteiger partial charge on any atom is -0.456 e. The van der Waals surface area contributed by atoms with Crippen molar-refractivity contribution in [2.45, 2.75) is 0 Å². The van der Waals surface area contributed by atoms with Crippen molar-refractivity contribution in [1.82, 2.24) is 0 Å². The van der Waals surface area contributed by atoms with Crippen molar-refractivity contribution in [2.75, 3.05) is 0 Å². The first-order valence-electron chi connectivity index (χ1n) is 18.4. The van der Waals surface area contributed by atoms with Crippen LogP contribution in [-0.4, -0.2) is 0 Å². The molecule has 54 heavy (non-hydrogen) atoms. The van der Waals surface area contributed by atoms with Crippen LogP contribution in [0.5, 0.6) is 0 Å². The van der Waals surface area contributed by atoms with Gasteiger partial charge >= 0.3 is 0 Å². The molecular formula is C52H32O2. The molecule has 0 saturated carbocycles. The number of hydrogen-bond donors (Lipinski definition) is 0. The third kappa shape index (κ3) is 4.88. The third-order valence-electron chi connectivity index (χ3n) is 10.9. The first kappa shape index (κ1) is 30.5. The maximum Gasteiger partial charge on any atom is 0.136 e. The molecule has 0 saturated heterocycles. The largest absolute Gasteiger partial charge is 0.456 e. The summed E-state index contributed by atoms with van der Waals surface area (Å²) in [7, 11) is 0. The summed E-state index contributed by atoms with van der Waals surface area (Å²) in [6.45, 7) is 0. The predicted molar refractivity (Wildman–Crippen MR) is 226 cm³/mol. The first-order chi connectivity index (χ1) is 26.8. The molecule has 0 amide bonds. The average Bonchev–Trinajstić information content (AvgIpc) is 3.83. The van der Waals surface area contributed by atoms with Gasteiger partial charge in [0.25, 0.3) is 0 Å². The highest BCUT2D eigenvalue weighted by molar-refractivity contribution is 6.25. The van der Waals surface area contributed by atoms with E-state index in [2.05, 4.69) is 188 Å². The van der Waals surface area contributed by atoms with Crippen LogP contribution in [0.3, 0.4) is 0 Å². The number of furan rings is 2. The van der Waals surface area contributed by atoms with Crippen LogP contribution in [0.25, 0.3) is 110 Å². The Morgan fingerprint density at radius 3 is 1.37 bits per heavy atom. The predicted octanol–water partition coefficient (Wildman–Crippen LogP) is 15.0. The zero-order valence-electron chi connectivity index (χ0n) is 29.3. The Morgan fingerprint density at radius 2 is 0.685 bits per heavy atom. The molecule has 0 radical (unpaired) electrons. The zero-order chi connectivity index (χ0) is 35.6. The molecule has 2 aromatic heterocycles. The van der Waals surface area contributed by atoms with Crippen molar-refractivity contribution in [2.24, 2.45) is 0 Å². The molecule has 11 aromatic rings. The molecule has 0 atom stereocenters. The molecule has 11 rings (SSSR count). The van der Waals surface area contributed by atoms with Crippen molar-refractivity contribution in [1.29, 1.82) is 0 Å². The molecule has 2 heterocycles. The molecule has 0 bridgehead atoms. The molecule has 0 N–H and O–H groups in total. The fraction of sp³-hybridized carbons (Fsp3) is 0. The van der Waals surface area contributed by atoms with Gasteiger partial charge in [-0.3, -0.25) is 0 Å². The molecule has 0 spiro atoms. The Morgan fingerprint density at radius 1 is 0.222 bits per heavy atom. The lowest BCUT2D eigenvalue weighted by Crippen LogP contribution is -1.88. The summed E-state index contributed by atoms with van der Waals surface area (Å²) in [6.07, 6.45) is 0. The number of fused-ring (bicyclic) bond motifs is 8. The minimum absolute atomic E-state index is 0.861. The fourth-order valence-electron chi connectivity index (χ4n) is 8.38. The SMILES string of the molecule is c1ccc(-c2ccc(-c3cc(-c4ccccc4)cc(-c4cccc5oc6cccc(-c7cc8oc9ccccc9c8c8ccccc78)c6c45)c3)cc2)cc1. The van der Waals surface area contributed by atoms with Crippen molar-refractivity contribution < 1.29 is 8.83 Å². The number of benzene rings is 9. The van der Waals surface area contributed by atoms with Crippen LogP contribution in [-0.2, 0) is 0 Å². The van der Waals surface area contributed by atoms with E-state index in [1.807, 2.05) is 6.07 Å². The van der Waals surface area contributed by atoms with Gasteiger partial charge in [-0.25, -0.2) is 0 Å². The lowest BCUT2D eigenvalue weighted by Gasteiger charge is -2.14. The van der Waals surface area contributed by atoms with Gasteiger partial charge in [0.15, 0.2) is 0 Å². The summed E-state index contributed by atoms with van der Waals surface area (Å²) >= 11 is 0. The van der Waals surface area contributed by atoms with Gasteiger partial charge < -0.3 is 8.83 Å². The highest BCUT2D eigenvalue weighted by atomic mass is 16.3. The fourth-order valence-corrected chi connectivity index (χ4v) is 8.38. The zero-order valence-corrected chi connectivity index (χ0v) is 29.3. The van der Waals surface area contributed by atoms with Crippen molar-refractivity contribution in [3.63, 3.8) is 0 Å². The quantitative estimate of drug-likeness (QED) is 0.180. The van der Waals surface area contributed by atoms with E-state index in [0.717, 1.165) is 71.7 Å². The number of rotatable bonds is 5. The molecule has 0 aliphatic rings. The van der Waals surface area contributed by atoms with Crippen LogP contribution in [0.1, 0.15) is 0 Å². The highest BCUT2D eigenvalue weighted by Gasteiger charge is 2.21. The average molecular weight is 689 g/mol. The van der Waals surface area contributed by atoms with Crippen molar-refractivity contribution in [3.8, 4) is 55.6 Å². The van der Waals surface area contributed by atoms with Crippen LogP contribution >= 0.6 is 0 Å². The maximum absolute atomic E-state index is 6.69. The van der Waals surface area contributed by atoms with E-state index in [1.54, 1.807) is 0 Å². The third-order valence-corrected chi connectivity index (χ3v) is 10.9. The van der Waals surface area contributed by atoms with E-state index in [0.29, 0.717) is 0 Å². The summed E-state index contributed by atoms with van der Waals surface area (Å²) in [5.74, 6) is 0. The Balaban J connectivity index is 1.15. The number of hydrogen-bond acceptors (Lipinski definition) is 2. The Kier molecular flexibility index (Phi) is 6.90. The first-order valence-corrected chi connectivity index (χ1v) is 18.4. The van der Waals surface area contributed by atoms with Gasteiger partial charge in [-0.1, -0.05) is 152 Å². The lowest BCUT2D eigenvalue weighted by atomic mass is 9.89. The van der Waals surface area contributed by atoms with Crippen LogP contribution < -0.4 is 0 Å². The standard InChI is InChI=1S/C52H32O2/c1-3-13-33(14-4-1)35-25-27-36(28-26-35)38-29-37(34-15-5-2-6-16-34)30-39(31-38)40-20-11-23-47-51(40)52-43(21-12-24-48(52)54-47)45-32-49-50(42-18-8-7-17-41(42)45)44-19-9-10-22-46(44)53-49/h1-32H. The molecule has 2 nitrogen and oxygen atoms in total. The van der Waals surface area contributed by atoms with Crippen LogP contribution in [0.15, 0.2) is 203 Å². The van der Waals surface area contributed by atoms with E-state index >= 15 is 0 Å². The summed E-state index contributed by atoms with van der Waals surface area (Å²) in [5, 5.41) is 6.85.